The fraction of sp³-hybridized carbons (Fsp3) is 0.636. The summed E-state index contributed by atoms with van der Waals surface area (Å²) in [4.78, 5) is 23.3. The van der Waals surface area contributed by atoms with Crippen molar-refractivity contribution in [2.45, 2.75) is 32.8 Å². The monoisotopic (exact) mass is 269 g/mol. The van der Waals surface area contributed by atoms with E-state index in [1.54, 1.807) is 12.4 Å². The van der Waals surface area contributed by atoms with Crippen molar-refractivity contribution in [3.05, 3.63) is 5.51 Å². The Morgan fingerprint density at radius 3 is 3.06 bits per heavy atom. The molecule has 0 radical (unpaired) electrons. The molecule has 1 saturated heterocycles. The summed E-state index contributed by atoms with van der Waals surface area (Å²) in [5.41, 5.74) is 1.55. The Bertz CT molecular complexity index is 435. The van der Waals surface area contributed by atoms with Crippen molar-refractivity contribution in [3.63, 3.8) is 0 Å². The maximum absolute atomic E-state index is 11.9. The maximum atomic E-state index is 11.9. The minimum Gasteiger partial charge on any atom is -0.462 e. The quantitative estimate of drug-likeness (QED) is 0.837. The summed E-state index contributed by atoms with van der Waals surface area (Å²) < 4.78 is 5.07. The minimum absolute atomic E-state index is 0.0408. The van der Waals surface area contributed by atoms with Crippen molar-refractivity contribution in [2.75, 3.05) is 5.32 Å². The van der Waals surface area contributed by atoms with Crippen molar-refractivity contribution in [2.24, 2.45) is 11.8 Å². The molecule has 1 N–H and O–H groups in total. The van der Waals surface area contributed by atoms with Gasteiger partial charge in [-0.3, -0.25) is 9.59 Å². The SMILES string of the molecule is CC1CC(CC(C)C(=O)Nc2nncs2)C(=O)O1. The van der Waals surface area contributed by atoms with E-state index in [0.29, 0.717) is 18.0 Å². The normalized spacial score (nSPS) is 24.7. The first-order valence-corrected chi connectivity index (χ1v) is 6.71. The Hall–Kier alpha value is -1.50. The minimum atomic E-state index is -0.253. The van der Waals surface area contributed by atoms with Crippen LogP contribution in [0.4, 0.5) is 5.13 Å². The third-order valence-electron chi connectivity index (χ3n) is 2.94. The summed E-state index contributed by atoms with van der Waals surface area (Å²) in [6.45, 7) is 3.66. The first kappa shape index (κ1) is 12.9. The summed E-state index contributed by atoms with van der Waals surface area (Å²) in [6, 6.07) is 0. The van der Waals surface area contributed by atoms with Gasteiger partial charge in [0.2, 0.25) is 11.0 Å². The fourth-order valence-corrected chi connectivity index (χ4v) is 2.47. The van der Waals surface area contributed by atoms with Crippen LogP contribution in [0.1, 0.15) is 26.7 Å². The third-order valence-corrected chi connectivity index (χ3v) is 3.55. The van der Waals surface area contributed by atoms with Gasteiger partial charge in [0.15, 0.2) is 0 Å². The number of ether oxygens (including phenoxy) is 1. The first-order chi connectivity index (χ1) is 8.56. The van der Waals surface area contributed by atoms with Gasteiger partial charge in [-0.05, 0) is 19.8 Å². The molecule has 1 aromatic rings. The second kappa shape index (κ2) is 5.43. The number of cyclic esters (lactones) is 1. The van der Waals surface area contributed by atoms with Crippen LogP contribution in [-0.4, -0.2) is 28.2 Å². The molecular weight excluding hydrogens is 254 g/mol. The largest absolute Gasteiger partial charge is 0.462 e. The van der Waals surface area contributed by atoms with Crippen LogP contribution in [0, 0.1) is 11.8 Å². The van der Waals surface area contributed by atoms with Gasteiger partial charge >= 0.3 is 5.97 Å². The van der Waals surface area contributed by atoms with Gasteiger partial charge in [0.25, 0.3) is 0 Å². The van der Waals surface area contributed by atoms with Crippen LogP contribution in [0.5, 0.6) is 0 Å². The van der Waals surface area contributed by atoms with E-state index in [9.17, 15) is 9.59 Å². The molecule has 3 unspecified atom stereocenters. The zero-order valence-corrected chi connectivity index (χ0v) is 11.1. The van der Waals surface area contributed by atoms with Gasteiger partial charge in [0.1, 0.15) is 5.51 Å². The summed E-state index contributed by atoms with van der Waals surface area (Å²) in [6.07, 6.45) is 1.16. The molecule has 1 aliphatic heterocycles. The summed E-state index contributed by atoms with van der Waals surface area (Å²) in [7, 11) is 0. The zero-order chi connectivity index (χ0) is 13.1. The summed E-state index contributed by atoms with van der Waals surface area (Å²) >= 11 is 1.27. The first-order valence-electron chi connectivity index (χ1n) is 5.83. The molecule has 1 fully saturated rings. The number of amides is 1. The summed E-state index contributed by atoms with van der Waals surface area (Å²) in [5.74, 6) is -0.760. The molecule has 18 heavy (non-hydrogen) atoms. The van der Waals surface area contributed by atoms with Crippen molar-refractivity contribution in [1.29, 1.82) is 0 Å². The van der Waals surface area contributed by atoms with E-state index in [1.807, 2.05) is 6.92 Å². The smallest absolute Gasteiger partial charge is 0.309 e. The van der Waals surface area contributed by atoms with Gasteiger partial charge in [-0.15, -0.1) is 10.2 Å². The molecule has 0 spiro atoms. The predicted molar refractivity (Wildman–Crippen MR) is 66.0 cm³/mol. The molecule has 0 saturated carbocycles. The molecule has 1 aromatic heterocycles. The molecule has 0 aliphatic carbocycles. The van der Waals surface area contributed by atoms with E-state index in [1.165, 1.54) is 11.3 Å². The lowest BCUT2D eigenvalue weighted by Crippen LogP contribution is -2.24. The molecule has 2 rings (SSSR count). The highest BCUT2D eigenvalue weighted by atomic mass is 32.1. The van der Waals surface area contributed by atoms with Gasteiger partial charge < -0.3 is 10.1 Å². The van der Waals surface area contributed by atoms with Gasteiger partial charge in [0, 0.05) is 5.92 Å². The van der Waals surface area contributed by atoms with Gasteiger partial charge in [-0.1, -0.05) is 18.3 Å². The van der Waals surface area contributed by atoms with Crippen LogP contribution < -0.4 is 5.32 Å². The molecule has 7 heteroatoms. The van der Waals surface area contributed by atoms with Gasteiger partial charge in [-0.25, -0.2) is 0 Å². The Kier molecular flexibility index (Phi) is 3.90. The van der Waals surface area contributed by atoms with Gasteiger partial charge in [0.05, 0.1) is 12.0 Å². The van der Waals surface area contributed by atoms with Crippen molar-refractivity contribution in [1.82, 2.24) is 10.2 Å². The lowest BCUT2D eigenvalue weighted by atomic mass is 9.93. The number of carbonyl (C=O) groups is 2. The molecule has 0 aromatic carbocycles. The average molecular weight is 269 g/mol. The topological polar surface area (TPSA) is 81.2 Å². The standard InChI is InChI=1S/C11H15N3O3S/c1-6(3-8-4-7(2)17-10(8)16)9(15)13-11-14-12-5-18-11/h5-8H,3-4H2,1-2H3,(H,13,14,15). The second-order valence-corrected chi connectivity index (χ2v) is 5.38. The average Bonchev–Trinajstić information content (AvgIpc) is 2.89. The number of aromatic nitrogens is 2. The Morgan fingerprint density at radius 2 is 2.50 bits per heavy atom. The molecule has 0 bridgehead atoms. The highest BCUT2D eigenvalue weighted by Gasteiger charge is 2.34. The number of nitrogens with one attached hydrogen (secondary N) is 1. The molecule has 1 amide bonds. The lowest BCUT2D eigenvalue weighted by molar-refractivity contribution is -0.144. The van der Waals surface area contributed by atoms with Crippen molar-refractivity contribution >= 4 is 28.3 Å². The number of carbonyl (C=O) groups excluding carboxylic acids is 2. The van der Waals surface area contributed by atoms with Crippen LogP contribution in [-0.2, 0) is 14.3 Å². The van der Waals surface area contributed by atoms with Crippen LogP contribution in [0.15, 0.2) is 5.51 Å². The van der Waals surface area contributed by atoms with Crippen LogP contribution in [0.2, 0.25) is 0 Å². The van der Waals surface area contributed by atoms with E-state index in [0.717, 1.165) is 0 Å². The summed E-state index contributed by atoms with van der Waals surface area (Å²) in [5, 5.41) is 10.5. The third kappa shape index (κ3) is 3.04. The van der Waals surface area contributed by atoms with E-state index in [-0.39, 0.29) is 29.8 Å². The second-order valence-electron chi connectivity index (χ2n) is 4.55. The molecule has 6 nitrogen and oxygen atoms in total. The van der Waals surface area contributed by atoms with E-state index < -0.39 is 0 Å². The van der Waals surface area contributed by atoms with Crippen molar-refractivity contribution in [3.8, 4) is 0 Å². The Balaban J connectivity index is 1.86. The van der Waals surface area contributed by atoms with Crippen LogP contribution >= 0.6 is 11.3 Å². The van der Waals surface area contributed by atoms with Gasteiger partial charge in [-0.2, -0.15) is 0 Å². The molecule has 98 valence electrons. The fourth-order valence-electron chi connectivity index (χ4n) is 2.02. The number of nitrogens with zero attached hydrogens (tertiary/aromatic N) is 2. The number of esters is 1. The number of hydrogen-bond acceptors (Lipinski definition) is 6. The number of hydrogen-bond donors (Lipinski definition) is 1. The highest BCUT2D eigenvalue weighted by molar-refractivity contribution is 7.13. The Morgan fingerprint density at radius 1 is 1.72 bits per heavy atom. The number of anilines is 1. The van der Waals surface area contributed by atoms with E-state index in [4.69, 9.17) is 4.74 Å². The molecule has 1 aliphatic rings. The number of rotatable bonds is 4. The van der Waals surface area contributed by atoms with Crippen LogP contribution in [0.3, 0.4) is 0 Å². The van der Waals surface area contributed by atoms with Crippen molar-refractivity contribution < 1.29 is 14.3 Å². The highest BCUT2D eigenvalue weighted by Crippen LogP contribution is 2.27. The maximum Gasteiger partial charge on any atom is 0.309 e. The molecule has 2 heterocycles. The van der Waals surface area contributed by atoms with Crippen LogP contribution in [0.25, 0.3) is 0 Å². The Labute approximate surface area is 109 Å². The predicted octanol–water partition coefficient (Wildman–Crippen LogP) is 1.45. The van der Waals surface area contributed by atoms with E-state index in [2.05, 4.69) is 15.5 Å². The van der Waals surface area contributed by atoms with E-state index >= 15 is 0 Å². The molecule has 3 atom stereocenters. The molecular formula is C11H15N3O3S. The lowest BCUT2D eigenvalue weighted by Gasteiger charge is -2.12. The zero-order valence-electron chi connectivity index (χ0n) is 10.3.